The van der Waals surface area contributed by atoms with Crippen LogP contribution in [0.25, 0.3) is 0 Å². The maximum Gasteiger partial charge on any atom is 0.273 e. The van der Waals surface area contributed by atoms with Crippen molar-refractivity contribution in [1.82, 2.24) is 4.90 Å². The summed E-state index contributed by atoms with van der Waals surface area (Å²) in [5.74, 6) is -0.690. The zero-order valence-corrected chi connectivity index (χ0v) is 14.6. The third kappa shape index (κ3) is 2.99. The molecule has 1 aromatic rings. The minimum atomic E-state index is -0.690. The Labute approximate surface area is 147 Å². The van der Waals surface area contributed by atoms with Crippen LogP contribution >= 0.6 is 0 Å². The predicted octanol–water partition coefficient (Wildman–Crippen LogP) is 4.39. The summed E-state index contributed by atoms with van der Waals surface area (Å²) >= 11 is 0. The van der Waals surface area contributed by atoms with E-state index in [1.54, 1.807) is 18.2 Å². The van der Waals surface area contributed by atoms with Crippen molar-refractivity contribution in [3.8, 4) is 12.1 Å². The van der Waals surface area contributed by atoms with Gasteiger partial charge in [0.05, 0.1) is 34.1 Å². The highest BCUT2D eigenvalue weighted by Gasteiger charge is 2.37. The molecule has 0 radical (unpaired) electrons. The molecule has 0 amide bonds. The van der Waals surface area contributed by atoms with E-state index in [2.05, 4.69) is 12.1 Å². The van der Waals surface area contributed by atoms with Crippen molar-refractivity contribution in [2.45, 2.75) is 39.5 Å². The molecule has 1 heterocycles. The van der Waals surface area contributed by atoms with E-state index in [1.165, 1.54) is 6.07 Å². The smallest absolute Gasteiger partial charge is 0.273 e. The number of hydrogen-bond acceptors (Lipinski definition) is 5. The fourth-order valence-electron chi connectivity index (χ4n) is 3.54. The summed E-state index contributed by atoms with van der Waals surface area (Å²) in [6.07, 6.45) is 1.24. The Balaban J connectivity index is 2.86. The first-order valence-electron chi connectivity index (χ1n) is 8.32. The first-order chi connectivity index (χ1) is 12.0. The average molecular weight is 336 g/mol. The highest BCUT2D eigenvalue weighted by Crippen LogP contribution is 2.45. The van der Waals surface area contributed by atoms with Crippen molar-refractivity contribution in [2.24, 2.45) is 0 Å². The molecule has 0 unspecified atom stereocenters. The highest BCUT2D eigenvalue weighted by molar-refractivity contribution is 5.60. The van der Waals surface area contributed by atoms with Crippen LogP contribution in [0.4, 0.5) is 5.69 Å². The lowest BCUT2D eigenvalue weighted by molar-refractivity contribution is -0.385. The molecule has 0 saturated heterocycles. The Morgan fingerprint density at radius 2 is 1.60 bits per heavy atom. The number of nitro groups is 1. The molecule has 6 nitrogen and oxygen atoms in total. The predicted molar refractivity (Wildman–Crippen MR) is 94.1 cm³/mol. The fraction of sp³-hybridized carbons (Fsp3) is 0.368. The van der Waals surface area contributed by atoms with Crippen molar-refractivity contribution in [2.75, 3.05) is 6.54 Å². The van der Waals surface area contributed by atoms with E-state index in [9.17, 15) is 20.6 Å². The van der Waals surface area contributed by atoms with Gasteiger partial charge in [-0.3, -0.25) is 10.1 Å². The van der Waals surface area contributed by atoms with E-state index in [0.29, 0.717) is 36.1 Å². The molecule has 1 aliphatic rings. The number of nitrogens with zero attached hydrogens (tertiary/aromatic N) is 4. The van der Waals surface area contributed by atoms with Crippen LogP contribution < -0.4 is 0 Å². The molecule has 25 heavy (non-hydrogen) atoms. The lowest BCUT2D eigenvalue weighted by Gasteiger charge is -2.37. The molecule has 1 aromatic carbocycles. The topological polar surface area (TPSA) is 94.0 Å². The van der Waals surface area contributed by atoms with Gasteiger partial charge in [0.1, 0.15) is 0 Å². The van der Waals surface area contributed by atoms with Gasteiger partial charge in [0.15, 0.2) is 0 Å². The second kappa shape index (κ2) is 7.63. The van der Waals surface area contributed by atoms with Crippen LogP contribution in [0.3, 0.4) is 0 Å². The number of para-hydroxylation sites is 1. The molecule has 6 heteroatoms. The minimum Gasteiger partial charge on any atom is -0.347 e. The zero-order chi connectivity index (χ0) is 18.6. The second-order valence-electron chi connectivity index (χ2n) is 5.64. The number of nitro benzene ring substituents is 1. The van der Waals surface area contributed by atoms with Crippen LogP contribution in [0.15, 0.2) is 46.8 Å². The zero-order valence-electron chi connectivity index (χ0n) is 14.6. The summed E-state index contributed by atoms with van der Waals surface area (Å²) in [5.41, 5.74) is 2.85. The lowest BCUT2D eigenvalue weighted by Crippen LogP contribution is -2.31. The maximum atomic E-state index is 11.5. The first-order valence-corrected chi connectivity index (χ1v) is 8.32. The van der Waals surface area contributed by atoms with Gasteiger partial charge in [-0.2, -0.15) is 10.5 Å². The number of rotatable bonds is 5. The van der Waals surface area contributed by atoms with E-state index < -0.39 is 10.8 Å². The van der Waals surface area contributed by atoms with Gasteiger partial charge in [0.25, 0.3) is 5.69 Å². The van der Waals surface area contributed by atoms with Crippen LogP contribution in [-0.2, 0) is 0 Å². The Morgan fingerprint density at radius 1 is 1.08 bits per heavy atom. The molecule has 0 spiro atoms. The number of hydrogen-bond donors (Lipinski definition) is 0. The standard InChI is InChI=1S/C19H20N4O2/c1-4-16-14(11-20)19(13-9-7-8-10-18(13)23(24)25)15(12-21)17(5-2)22(16)6-3/h7-10,19H,4-6H2,1-3H3. The molecule has 0 atom stereocenters. The van der Waals surface area contributed by atoms with Gasteiger partial charge in [0.2, 0.25) is 0 Å². The molecular weight excluding hydrogens is 316 g/mol. The SMILES string of the molecule is CCC1=C(C#N)C(c2ccccc2[N+](=O)[O-])C(C#N)=C(CC)N1CC. The molecule has 0 saturated carbocycles. The highest BCUT2D eigenvalue weighted by atomic mass is 16.6. The van der Waals surface area contributed by atoms with Gasteiger partial charge in [-0.05, 0) is 19.8 Å². The van der Waals surface area contributed by atoms with E-state index in [4.69, 9.17) is 0 Å². The van der Waals surface area contributed by atoms with Crippen LogP contribution in [0.1, 0.15) is 45.1 Å². The summed E-state index contributed by atoms with van der Waals surface area (Å²) < 4.78 is 0. The molecular formula is C19H20N4O2. The van der Waals surface area contributed by atoms with Gasteiger partial charge in [0, 0.05) is 29.6 Å². The average Bonchev–Trinajstić information content (AvgIpc) is 2.64. The summed E-state index contributed by atoms with van der Waals surface area (Å²) in [4.78, 5) is 13.0. The van der Waals surface area contributed by atoms with Crippen molar-refractivity contribution in [3.05, 3.63) is 62.5 Å². The van der Waals surface area contributed by atoms with E-state index in [0.717, 1.165) is 11.4 Å². The Morgan fingerprint density at radius 3 is 2.00 bits per heavy atom. The van der Waals surface area contributed by atoms with Crippen LogP contribution in [0.5, 0.6) is 0 Å². The van der Waals surface area contributed by atoms with Crippen molar-refractivity contribution in [1.29, 1.82) is 10.5 Å². The molecule has 1 aliphatic heterocycles. The molecule has 0 fully saturated rings. The third-order valence-electron chi connectivity index (χ3n) is 4.52. The van der Waals surface area contributed by atoms with E-state index >= 15 is 0 Å². The largest absolute Gasteiger partial charge is 0.347 e. The Kier molecular flexibility index (Phi) is 5.56. The molecule has 0 aliphatic carbocycles. The molecule has 0 bridgehead atoms. The Bertz CT molecular complexity index is 800. The Hall–Kier alpha value is -3.12. The van der Waals surface area contributed by atoms with Crippen molar-refractivity contribution in [3.63, 3.8) is 0 Å². The maximum absolute atomic E-state index is 11.5. The minimum absolute atomic E-state index is 0.0659. The second-order valence-corrected chi connectivity index (χ2v) is 5.64. The quantitative estimate of drug-likeness (QED) is 0.587. The summed E-state index contributed by atoms with van der Waals surface area (Å²) in [6, 6.07) is 10.8. The van der Waals surface area contributed by atoms with Crippen LogP contribution in [0.2, 0.25) is 0 Å². The number of allylic oxidation sites excluding steroid dienone is 4. The third-order valence-corrected chi connectivity index (χ3v) is 4.52. The van der Waals surface area contributed by atoms with Gasteiger partial charge in [-0.1, -0.05) is 32.0 Å². The normalized spacial score (nSPS) is 15.2. The summed E-state index contributed by atoms with van der Waals surface area (Å²) in [7, 11) is 0. The summed E-state index contributed by atoms with van der Waals surface area (Å²) in [6.45, 7) is 6.53. The lowest BCUT2D eigenvalue weighted by atomic mass is 9.79. The van der Waals surface area contributed by atoms with Crippen LogP contribution in [0, 0.1) is 32.8 Å². The van der Waals surface area contributed by atoms with Crippen molar-refractivity contribution < 1.29 is 4.92 Å². The van der Waals surface area contributed by atoms with Gasteiger partial charge in [-0.15, -0.1) is 0 Å². The number of nitriles is 2. The van der Waals surface area contributed by atoms with Crippen LogP contribution in [-0.4, -0.2) is 16.4 Å². The molecule has 2 rings (SSSR count). The van der Waals surface area contributed by atoms with Gasteiger partial charge in [-0.25, -0.2) is 0 Å². The van der Waals surface area contributed by atoms with Crippen molar-refractivity contribution >= 4 is 5.69 Å². The summed E-state index contributed by atoms with van der Waals surface area (Å²) in [5, 5.41) is 31.1. The van der Waals surface area contributed by atoms with Gasteiger partial charge >= 0.3 is 0 Å². The van der Waals surface area contributed by atoms with Gasteiger partial charge < -0.3 is 4.90 Å². The molecule has 0 aromatic heterocycles. The molecule has 128 valence electrons. The van der Waals surface area contributed by atoms with E-state index in [-0.39, 0.29) is 5.69 Å². The first kappa shape index (κ1) is 18.2. The number of benzene rings is 1. The van der Waals surface area contributed by atoms with E-state index in [1.807, 2.05) is 25.7 Å². The molecule has 0 N–H and O–H groups in total. The fourth-order valence-corrected chi connectivity index (χ4v) is 3.54. The monoisotopic (exact) mass is 336 g/mol.